The van der Waals surface area contributed by atoms with E-state index in [1.54, 1.807) is 6.07 Å². The van der Waals surface area contributed by atoms with Crippen LogP contribution in [0.2, 0.25) is 0 Å². The summed E-state index contributed by atoms with van der Waals surface area (Å²) < 4.78 is 11.8. The van der Waals surface area contributed by atoms with Crippen LogP contribution in [0.1, 0.15) is 25.8 Å². The van der Waals surface area contributed by atoms with E-state index in [1.165, 1.54) is 0 Å². The average molecular weight is 317 g/mol. The third-order valence-electron chi connectivity index (χ3n) is 2.32. The first-order chi connectivity index (χ1) is 8.58. The van der Waals surface area contributed by atoms with Gasteiger partial charge in [-0.2, -0.15) is 0 Å². The highest BCUT2D eigenvalue weighted by Gasteiger charge is 2.11. The fraction of sp³-hybridized carbons (Fsp3) is 0.462. The predicted octanol–water partition coefficient (Wildman–Crippen LogP) is 3.26. The average Bonchev–Trinajstić information content (AvgIpc) is 2.31. The molecule has 0 aliphatic rings. The Bertz CT molecular complexity index is 418. The number of rotatable bonds is 7. The molecule has 4 nitrogen and oxygen atoms in total. The van der Waals surface area contributed by atoms with Gasteiger partial charge < -0.3 is 14.6 Å². The predicted molar refractivity (Wildman–Crippen MR) is 72.4 cm³/mol. The highest BCUT2D eigenvalue weighted by Crippen LogP contribution is 2.33. The molecule has 0 saturated carbocycles. The van der Waals surface area contributed by atoms with E-state index < -0.39 is 5.97 Å². The molecule has 0 aromatic heterocycles. The lowest BCUT2D eigenvalue weighted by Gasteiger charge is -2.13. The molecular weight excluding hydrogens is 300 g/mol. The van der Waals surface area contributed by atoms with Crippen molar-refractivity contribution in [2.75, 3.05) is 13.2 Å². The lowest BCUT2D eigenvalue weighted by molar-refractivity contribution is -0.136. The molecule has 0 bridgehead atoms. The van der Waals surface area contributed by atoms with Gasteiger partial charge in [0.25, 0.3) is 0 Å². The monoisotopic (exact) mass is 316 g/mol. The lowest BCUT2D eigenvalue weighted by Crippen LogP contribution is -2.03. The van der Waals surface area contributed by atoms with Crippen LogP contribution in [0, 0.1) is 0 Å². The first-order valence-electron chi connectivity index (χ1n) is 5.88. The van der Waals surface area contributed by atoms with Crippen LogP contribution < -0.4 is 9.47 Å². The molecule has 0 spiro atoms. The Balaban J connectivity index is 2.99. The number of halogens is 1. The van der Waals surface area contributed by atoms with Crippen LogP contribution in [0.5, 0.6) is 11.5 Å². The van der Waals surface area contributed by atoms with Gasteiger partial charge in [-0.1, -0.05) is 0 Å². The van der Waals surface area contributed by atoms with Crippen molar-refractivity contribution in [3.8, 4) is 11.5 Å². The molecule has 1 aromatic carbocycles. The number of benzene rings is 1. The van der Waals surface area contributed by atoms with Crippen molar-refractivity contribution in [2.45, 2.75) is 26.7 Å². The minimum atomic E-state index is -0.817. The molecule has 5 heteroatoms. The van der Waals surface area contributed by atoms with E-state index in [-0.39, 0.29) is 6.42 Å². The van der Waals surface area contributed by atoms with Crippen molar-refractivity contribution in [1.82, 2.24) is 0 Å². The second-order valence-corrected chi connectivity index (χ2v) is 4.50. The topological polar surface area (TPSA) is 55.8 Å². The summed E-state index contributed by atoms with van der Waals surface area (Å²) in [6.45, 7) is 4.90. The number of ether oxygens (including phenoxy) is 2. The zero-order valence-corrected chi connectivity index (χ0v) is 12.1. The summed E-state index contributed by atoms with van der Waals surface area (Å²) in [6, 6.07) is 3.66. The normalized spacial score (nSPS) is 10.2. The Morgan fingerprint density at radius 3 is 2.39 bits per heavy atom. The van der Waals surface area contributed by atoms with Crippen LogP contribution >= 0.6 is 15.9 Å². The molecule has 1 N–H and O–H groups in total. The molecule has 18 heavy (non-hydrogen) atoms. The molecule has 0 saturated heterocycles. The van der Waals surface area contributed by atoms with E-state index in [4.69, 9.17) is 14.6 Å². The van der Waals surface area contributed by atoms with Crippen molar-refractivity contribution >= 4 is 21.9 Å². The third kappa shape index (κ3) is 4.22. The molecule has 1 aromatic rings. The summed E-state index contributed by atoms with van der Waals surface area (Å²) >= 11 is 3.41. The fourth-order valence-electron chi connectivity index (χ4n) is 1.57. The number of carboxylic acids is 1. The Kier molecular flexibility index (Phi) is 5.98. The molecule has 0 amide bonds. The third-order valence-corrected chi connectivity index (χ3v) is 2.94. The molecular formula is C13H17BrO4. The smallest absolute Gasteiger partial charge is 0.303 e. The van der Waals surface area contributed by atoms with Crippen LogP contribution in [-0.4, -0.2) is 24.3 Å². The highest BCUT2D eigenvalue weighted by molar-refractivity contribution is 9.10. The summed E-state index contributed by atoms with van der Waals surface area (Å²) in [5.41, 5.74) is 0.870. The van der Waals surface area contributed by atoms with Crippen LogP contribution in [0.3, 0.4) is 0 Å². The Hall–Kier alpha value is -1.23. The molecule has 1 rings (SSSR count). The quantitative estimate of drug-likeness (QED) is 0.838. The number of carbonyl (C=O) groups is 1. The first kappa shape index (κ1) is 14.8. The zero-order chi connectivity index (χ0) is 13.5. The van der Waals surface area contributed by atoms with Gasteiger partial charge in [-0.25, -0.2) is 0 Å². The van der Waals surface area contributed by atoms with Gasteiger partial charge in [0.1, 0.15) is 11.5 Å². The van der Waals surface area contributed by atoms with Gasteiger partial charge in [-0.3, -0.25) is 4.79 Å². The van der Waals surface area contributed by atoms with Gasteiger partial charge in [0, 0.05) is 12.5 Å². The molecule has 0 aliphatic heterocycles. The van der Waals surface area contributed by atoms with E-state index in [9.17, 15) is 4.79 Å². The van der Waals surface area contributed by atoms with Crippen molar-refractivity contribution in [3.63, 3.8) is 0 Å². The van der Waals surface area contributed by atoms with Crippen molar-refractivity contribution in [2.24, 2.45) is 0 Å². The molecule has 0 atom stereocenters. The van der Waals surface area contributed by atoms with Crippen LogP contribution in [0.15, 0.2) is 16.6 Å². The standard InChI is InChI=1S/C13H17BrO4/c1-3-17-11-8-12(18-4-2)10(14)7-9(11)5-6-13(15)16/h7-8H,3-6H2,1-2H3,(H,15,16). The Morgan fingerprint density at radius 1 is 1.22 bits per heavy atom. The maximum Gasteiger partial charge on any atom is 0.303 e. The first-order valence-corrected chi connectivity index (χ1v) is 6.67. The van der Waals surface area contributed by atoms with E-state index in [2.05, 4.69) is 15.9 Å². The number of aryl methyl sites for hydroxylation is 1. The number of hydrogen-bond acceptors (Lipinski definition) is 3. The van der Waals surface area contributed by atoms with E-state index in [0.717, 1.165) is 10.0 Å². The number of aliphatic carboxylic acids is 1. The number of carboxylic acid groups (broad SMARTS) is 1. The molecule has 0 radical (unpaired) electrons. The largest absolute Gasteiger partial charge is 0.493 e. The minimum absolute atomic E-state index is 0.0838. The summed E-state index contributed by atoms with van der Waals surface area (Å²) in [7, 11) is 0. The van der Waals surface area contributed by atoms with E-state index in [1.807, 2.05) is 19.9 Å². The van der Waals surface area contributed by atoms with Gasteiger partial charge in [0.05, 0.1) is 17.7 Å². The van der Waals surface area contributed by atoms with Gasteiger partial charge in [-0.05, 0) is 47.8 Å². The SMILES string of the molecule is CCOc1cc(OCC)c(CCC(=O)O)cc1Br. The Labute approximate surface area is 115 Å². The fourth-order valence-corrected chi connectivity index (χ4v) is 2.07. The van der Waals surface area contributed by atoms with Gasteiger partial charge in [-0.15, -0.1) is 0 Å². The minimum Gasteiger partial charge on any atom is -0.493 e. The van der Waals surface area contributed by atoms with Crippen molar-refractivity contribution < 1.29 is 19.4 Å². The van der Waals surface area contributed by atoms with Crippen LogP contribution in [0.4, 0.5) is 0 Å². The molecule has 0 unspecified atom stereocenters. The van der Waals surface area contributed by atoms with E-state index in [0.29, 0.717) is 31.1 Å². The van der Waals surface area contributed by atoms with Crippen molar-refractivity contribution in [1.29, 1.82) is 0 Å². The molecule has 0 heterocycles. The van der Waals surface area contributed by atoms with Gasteiger partial charge in [0.15, 0.2) is 0 Å². The van der Waals surface area contributed by atoms with Crippen LogP contribution in [0.25, 0.3) is 0 Å². The van der Waals surface area contributed by atoms with Gasteiger partial charge in [0.2, 0.25) is 0 Å². The maximum atomic E-state index is 10.6. The highest BCUT2D eigenvalue weighted by atomic mass is 79.9. The van der Waals surface area contributed by atoms with Crippen LogP contribution in [-0.2, 0) is 11.2 Å². The van der Waals surface area contributed by atoms with Crippen molar-refractivity contribution in [3.05, 3.63) is 22.2 Å². The summed E-state index contributed by atoms with van der Waals surface area (Å²) in [5.74, 6) is 0.577. The summed E-state index contributed by atoms with van der Waals surface area (Å²) in [4.78, 5) is 10.6. The Morgan fingerprint density at radius 2 is 1.83 bits per heavy atom. The lowest BCUT2D eigenvalue weighted by atomic mass is 10.1. The van der Waals surface area contributed by atoms with Gasteiger partial charge >= 0.3 is 5.97 Å². The zero-order valence-electron chi connectivity index (χ0n) is 10.5. The van der Waals surface area contributed by atoms with E-state index >= 15 is 0 Å². The summed E-state index contributed by atoms with van der Waals surface area (Å²) in [6.07, 6.45) is 0.524. The second kappa shape index (κ2) is 7.26. The summed E-state index contributed by atoms with van der Waals surface area (Å²) in [5, 5.41) is 8.73. The second-order valence-electron chi connectivity index (χ2n) is 3.65. The molecule has 0 aliphatic carbocycles. The molecule has 0 fully saturated rings. The maximum absolute atomic E-state index is 10.6. The number of hydrogen-bond donors (Lipinski definition) is 1. The molecule has 100 valence electrons.